The van der Waals surface area contributed by atoms with Gasteiger partial charge in [0, 0.05) is 36.7 Å². The standard InChI is InChI=1S/C21H23ClN4O/c1-14-3-4-16(13-24-14)21(27)25-17-6-9-18(10-7-17)26(2)19-8-5-15(12-23)20(22)11-19/h3-5,8,11,13,17-18H,6-7,9-10H2,1-2H3,(H,25,27). The van der Waals surface area contributed by atoms with Crippen molar-refractivity contribution in [2.24, 2.45) is 0 Å². The van der Waals surface area contributed by atoms with Gasteiger partial charge in [-0.3, -0.25) is 9.78 Å². The third-order valence-corrected chi connectivity index (χ3v) is 5.55. The number of anilines is 1. The van der Waals surface area contributed by atoms with Gasteiger partial charge < -0.3 is 10.2 Å². The fourth-order valence-electron chi connectivity index (χ4n) is 3.50. The molecule has 1 aliphatic rings. The molecule has 1 aromatic heterocycles. The lowest BCUT2D eigenvalue weighted by Crippen LogP contribution is -2.43. The van der Waals surface area contributed by atoms with Gasteiger partial charge in [0.2, 0.25) is 0 Å². The van der Waals surface area contributed by atoms with Crippen molar-refractivity contribution < 1.29 is 4.79 Å². The first-order valence-electron chi connectivity index (χ1n) is 9.14. The first-order chi connectivity index (χ1) is 13.0. The number of pyridine rings is 1. The van der Waals surface area contributed by atoms with Crippen LogP contribution < -0.4 is 10.2 Å². The zero-order valence-corrected chi connectivity index (χ0v) is 16.3. The molecular weight excluding hydrogens is 360 g/mol. The van der Waals surface area contributed by atoms with E-state index in [4.69, 9.17) is 16.9 Å². The summed E-state index contributed by atoms with van der Waals surface area (Å²) in [4.78, 5) is 18.8. The Balaban J connectivity index is 1.55. The minimum Gasteiger partial charge on any atom is -0.372 e. The second-order valence-electron chi connectivity index (χ2n) is 7.05. The minimum atomic E-state index is -0.0572. The quantitative estimate of drug-likeness (QED) is 0.864. The van der Waals surface area contributed by atoms with Crippen molar-refractivity contribution in [1.29, 1.82) is 5.26 Å². The van der Waals surface area contributed by atoms with Crippen LogP contribution in [0.3, 0.4) is 0 Å². The van der Waals surface area contributed by atoms with Gasteiger partial charge in [0.05, 0.1) is 16.1 Å². The van der Waals surface area contributed by atoms with E-state index in [0.29, 0.717) is 22.2 Å². The van der Waals surface area contributed by atoms with E-state index in [2.05, 4.69) is 28.3 Å². The largest absolute Gasteiger partial charge is 0.372 e. The molecule has 0 aliphatic heterocycles. The highest BCUT2D eigenvalue weighted by Crippen LogP contribution is 2.29. The van der Waals surface area contributed by atoms with Crippen molar-refractivity contribution in [3.8, 4) is 6.07 Å². The summed E-state index contributed by atoms with van der Waals surface area (Å²) < 4.78 is 0. The monoisotopic (exact) mass is 382 g/mol. The van der Waals surface area contributed by atoms with Crippen LogP contribution in [-0.2, 0) is 0 Å². The molecule has 0 atom stereocenters. The lowest BCUT2D eigenvalue weighted by molar-refractivity contribution is 0.0925. The molecule has 140 valence electrons. The van der Waals surface area contributed by atoms with Gasteiger partial charge in [-0.1, -0.05) is 11.6 Å². The van der Waals surface area contributed by atoms with Gasteiger partial charge >= 0.3 is 0 Å². The molecule has 0 unspecified atom stereocenters. The number of halogens is 1. The second-order valence-corrected chi connectivity index (χ2v) is 7.46. The summed E-state index contributed by atoms with van der Waals surface area (Å²) in [5.74, 6) is -0.0572. The van der Waals surface area contributed by atoms with E-state index in [9.17, 15) is 4.79 Å². The van der Waals surface area contributed by atoms with Crippen LogP contribution in [-0.4, -0.2) is 30.0 Å². The maximum absolute atomic E-state index is 12.4. The van der Waals surface area contributed by atoms with Gasteiger partial charge in [-0.15, -0.1) is 0 Å². The molecule has 2 aromatic rings. The van der Waals surface area contributed by atoms with Crippen molar-refractivity contribution in [3.63, 3.8) is 0 Å². The normalized spacial score (nSPS) is 19.2. The summed E-state index contributed by atoms with van der Waals surface area (Å²) >= 11 is 6.16. The first kappa shape index (κ1) is 19.2. The number of carbonyl (C=O) groups is 1. The Morgan fingerprint density at radius 2 is 2.00 bits per heavy atom. The van der Waals surface area contributed by atoms with E-state index in [0.717, 1.165) is 37.1 Å². The van der Waals surface area contributed by atoms with Gasteiger partial charge in [0.15, 0.2) is 0 Å². The number of aromatic nitrogens is 1. The van der Waals surface area contributed by atoms with Crippen LogP contribution in [0.15, 0.2) is 36.5 Å². The van der Waals surface area contributed by atoms with Crippen LogP contribution in [0.4, 0.5) is 5.69 Å². The molecule has 0 spiro atoms. The smallest absolute Gasteiger partial charge is 0.253 e. The Labute approximate surface area is 165 Å². The highest BCUT2D eigenvalue weighted by Gasteiger charge is 2.25. The van der Waals surface area contributed by atoms with Gasteiger partial charge in [0.25, 0.3) is 5.91 Å². The molecule has 1 aromatic carbocycles. The molecular formula is C21H23ClN4O. The number of benzene rings is 1. The summed E-state index contributed by atoms with van der Waals surface area (Å²) in [6.45, 7) is 1.90. The molecule has 27 heavy (non-hydrogen) atoms. The number of aryl methyl sites for hydroxylation is 1. The molecule has 0 bridgehead atoms. The fraction of sp³-hybridized carbons (Fsp3) is 0.381. The molecule has 0 radical (unpaired) electrons. The number of carbonyl (C=O) groups excluding carboxylic acids is 1. The third-order valence-electron chi connectivity index (χ3n) is 5.23. The van der Waals surface area contributed by atoms with Crippen LogP contribution in [0, 0.1) is 18.3 Å². The summed E-state index contributed by atoms with van der Waals surface area (Å²) in [6.07, 6.45) is 5.48. The maximum atomic E-state index is 12.4. The predicted octanol–water partition coefficient (Wildman–Crippen LogP) is 4.09. The second kappa shape index (κ2) is 8.41. The van der Waals surface area contributed by atoms with Crippen LogP contribution in [0.5, 0.6) is 0 Å². The lowest BCUT2D eigenvalue weighted by atomic mass is 9.90. The number of nitrogens with one attached hydrogen (secondary N) is 1. The molecule has 1 saturated carbocycles. The van der Waals surface area contributed by atoms with Gasteiger partial charge in [-0.2, -0.15) is 5.26 Å². The van der Waals surface area contributed by atoms with E-state index in [1.807, 2.05) is 31.2 Å². The molecule has 1 heterocycles. The van der Waals surface area contributed by atoms with E-state index in [-0.39, 0.29) is 11.9 Å². The molecule has 1 amide bonds. The first-order valence-corrected chi connectivity index (χ1v) is 9.51. The SMILES string of the molecule is Cc1ccc(C(=O)NC2CCC(N(C)c3ccc(C#N)c(Cl)c3)CC2)cn1. The van der Waals surface area contributed by atoms with Crippen molar-refractivity contribution in [2.45, 2.75) is 44.7 Å². The topological polar surface area (TPSA) is 69.0 Å². The molecule has 0 saturated heterocycles. The van der Waals surface area contributed by atoms with E-state index in [1.54, 1.807) is 12.3 Å². The lowest BCUT2D eigenvalue weighted by Gasteiger charge is -2.36. The maximum Gasteiger partial charge on any atom is 0.253 e. The summed E-state index contributed by atoms with van der Waals surface area (Å²) in [7, 11) is 2.05. The van der Waals surface area contributed by atoms with Crippen LogP contribution in [0.2, 0.25) is 5.02 Å². The van der Waals surface area contributed by atoms with E-state index >= 15 is 0 Å². The highest BCUT2D eigenvalue weighted by atomic mass is 35.5. The average Bonchev–Trinajstić information content (AvgIpc) is 2.68. The van der Waals surface area contributed by atoms with Crippen LogP contribution in [0.1, 0.15) is 47.3 Å². The molecule has 3 rings (SSSR count). The van der Waals surface area contributed by atoms with Gasteiger partial charge in [-0.05, 0) is 62.9 Å². The number of hydrogen-bond donors (Lipinski definition) is 1. The summed E-state index contributed by atoms with van der Waals surface area (Å²) in [6, 6.07) is 11.9. The molecule has 6 heteroatoms. The van der Waals surface area contributed by atoms with E-state index < -0.39 is 0 Å². The zero-order valence-electron chi connectivity index (χ0n) is 15.6. The van der Waals surface area contributed by atoms with Crippen LogP contribution in [0.25, 0.3) is 0 Å². The number of nitrogens with zero attached hydrogens (tertiary/aromatic N) is 3. The number of hydrogen-bond acceptors (Lipinski definition) is 4. The fourth-order valence-corrected chi connectivity index (χ4v) is 3.72. The van der Waals surface area contributed by atoms with Gasteiger partial charge in [0.1, 0.15) is 6.07 Å². The predicted molar refractivity (Wildman–Crippen MR) is 107 cm³/mol. The number of amides is 1. The summed E-state index contributed by atoms with van der Waals surface area (Å²) in [5.41, 5.74) is 3.01. The average molecular weight is 383 g/mol. The van der Waals surface area contributed by atoms with Crippen molar-refractivity contribution in [2.75, 3.05) is 11.9 Å². The molecule has 5 nitrogen and oxygen atoms in total. The van der Waals surface area contributed by atoms with Crippen molar-refractivity contribution in [1.82, 2.24) is 10.3 Å². The Morgan fingerprint density at radius 3 is 2.59 bits per heavy atom. The van der Waals surface area contributed by atoms with Gasteiger partial charge in [-0.25, -0.2) is 0 Å². The molecule has 1 fully saturated rings. The van der Waals surface area contributed by atoms with Crippen molar-refractivity contribution >= 4 is 23.2 Å². The van der Waals surface area contributed by atoms with Crippen molar-refractivity contribution in [3.05, 3.63) is 58.4 Å². The molecule has 1 aliphatic carbocycles. The Bertz CT molecular complexity index is 851. The zero-order chi connectivity index (χ0) is 19.4. The van der Waals surface area contributed by atoms with E-state index in [1.165, 1.54) is 0 Å². The molecule has 1 N–H and O–H groups in total. The number of nitriles is 1. The highest BCUT2D eigenvalue weighted by molar-refractivity contribution is 6.32. The summed E-state index contributed by atoms with van der Waals surface area (Å²) in [5, 5.41) is 12.6. The minimum absolute atomic E-state index is 0.0572. The van der Waals surface area contributed by atoms with Crippen LogP contribution >= 0.6 is 11.6 Å². The Kier molecular flexibility index (Phi) is 5.98. The third kappa shape index (κ3) is 4.58. The number of rotatable bonds is 4. The Hall–Kier alpha value is -2.58. The Morgan fingerprint density at radius 1 is 1.26 bits per heavy atom.